The molecule has 0 saturated heterocycles. The standard InChI is InChI=1S/C12H14S/c1-3-12(13-4-2)10-11-8-6-5-7-9-11/h3-9H,2,10H2,1H3/b12-3-. The van der Waals surface area contributed by atoms with E-state index in [0.717, 1.165) is 6.42 Å². The fourth-order valence-corrected chi connectivity index (χ4v) is 1.72. The highest BCUT2D eigenvalue weighted by atomic mass is 32.2. The Morgan fingerprint density at radius 1 is 1.38 bits per heavy atom. The molecule has 1 heteroatoms. The molecule has 0 unspecified atom stereocenters. The molecular formula is C12H14S. The Morgan fingerprint density at radius 3 is 2.62 bits per heavy atom. The van der Waals surface area contributed by atoms with E-state index >= 15 is 0 Å². The molecule has 0 radical (unpaired) electrons. The number of hydrogen-bond acceptors (Lipinski definition) is 1. The fraction of sp³-hybridized carbons (Fsp3) is 0.167. The second-order valence-corrected chi connectivity index (χ2v) is 3.80. The third-order valence-electron chi connectivity index (χ3n) is 1.78. The molecule has 0 nitrogen and oxygen atoms in total. The Bertz CT molecular complexity index is 285. The Kier molecular flexibility index (Phi) is 4.41. The predicted octanol–water partition coefficient (Wildman–Crippen LogP) is 4.01. The maximum absolute atomic E-state index is 3.71. The molecule has 1 rings (SSSR count). The van der Waals surface area contributed by atoms with Gasteiger partial charge in [0.1, 0.15) is 0 Å². The molecule has 68 valence electrons. The zero-order valence-electron chi connectivity index (χ0n) is 7.86. The zero-order valence-corrected chi connectivity index (χ0v) is 8.68. The largest absolute Gasteiger partial charge is 0.103 e. The van der Waals surface area contributed by atoms with Crippen LogP contribution in [0.25, 0.3) is 0 Å². The zero-order chi connectivity index (χ0) is 9.52. The van der Waals surface area contributed by atoms with E-state index in [-0.39, 0.29) is 0 Å². The summed E-state index contributed by atoms with van der Waals surface area (Å²) in [7, 11) is 0. The van der Waals surface area contributed by atoms with Gasteiger partial charge in [-0.05, 0) is 22.8 Å². The third kappa shape index (κ3) is 3.51. The number of benzene rings is 1. The normalized spacial score (nSPS) is 11.3. The van der Waals surface area contributed by atoms with Crippen molar-refractivity contribution in [2.45, 2.75) is 13.3 Å². The molecule has 0 bridgehead atoms. The van der Waals surface area contributed by atoms with Gasteiger partial charge in [0.2, 0.25) is 0 Å². The van der Waals surface area contributed by atoms with E-state index < -0.39 is 0 Å². The molecule has 0 heterocycles. The predicted molar refractivity (Wildman–Crippen MR) is 61.7 cm³/mol. The Labute approximate surface area is 84.4 Å². The van der Waals surface area contributed by atoms with Crippen LogP contribution in [0.2, 0.25) is 0 Å². The molecular weight excluding hydrogens is 176 g/mol. The van der Waals surface area contributed by atoms with Crippen LogP contribution >= 0.6 is 11.8 Å². The van der Waals surface area contributed by atoms with Crippen LogP contribution in [0.4, 0.5) is 0 Å². The molecule has 0 amide bonds. The molecule has 0 aliphatic carbocycles. The number of thioether (sulfide) groups is 1. The molecule has 1 aromatic rings. The molecule has 1 aromatic carbocycles. The maximum Gasteiger partial charge on any atom is 0.00344 e. The molecule has 0 aliphatic heterocycles. The van der Waals surface area contributed by atoms with E-state index in [1.807, 2.05) is 11.5 Å². The summed E-state index contributed by atoms with van der Waals surface area (Å²) in [5.41, 5.74) is 1.35. The van der Waals surface area contributed by atoms with E-state index in [0.29, 0.717) is 0 Å². The summed E-state index contributed by atoms with van der Waals surface area (Å²) in [6.45, 7) is 5.78. The minimum atomic E-state index is 1.01. The average Bonchev–Trinajstić information content (AvgIpc) is 2.19. The number of rotatable bonds is 4. The van der Waals surface area contributed by atoms with E-state index in [1.54, 1.807) is 11.8 Å². The lowest BCUT2D eigenvalue weighted by Gasteiger charge is -2.02. The van der Waals surface area contributed by atoms with Crippen molar-refractivity contribution in [3.05, 3.63) is 58.9 Å². The second-order valence-electron chi connectivity index (χ2n) is 2.70. The van der Waals surface area contributed by atoms with Crippen molar-refractivity contribution in [2.75, 3.05) is 0 Å². The summed E-state index contributed by atoms with van der Waals surface area (Å²) in [6, 6.07) is 10.5. The van der Waals surface area contributed by atoms with Crippen LogP contribution in [0.1, 0.15) is 12.5 Å². The van der Waals surface area contributed by atoms with Crippen molar-refractivity contribution in [3.8, 4) is 0 Å². The van der Waals surface area contributed by atoms with Crippen LogP contribution in [0.15, 0.2) is 53.3 Å². The van der Waals surface area contributed by atoms with Gasteiger partial charge in [0.05, 0.1) is 0 Å². The van der Waals surface area contributed by atoms with Gasteiger partial charge in [0.15, 0.2) is 0 Å². The molecule has 0 aliphatic rings. The Hall–Kier alpha value is -0.950. The molecule has 13 heavy (non-hydrogen) atoms. The molecule has 0 atom stereocenters. The van der Waals surface area contributed by atoms with Crippen molar-refractivity contribution in [1.29, 1.82) is 0 Å². The van der Waals surface area contributed by atoms with Gasteiger partial charge < -0.3 is 0 Å². The average molecular weight is 190 g/mol. The van der Waals surface area contributed by atoms with E-state index in [1.165, 1.54) is 10.5 Å². The van der Waals surface area contributed by atoms with Gasteiger partial charge in [0, 0.05) is 6.42 Å². The lowest BCUT2D eigenvalue weighted by atomic mass is 10.1. The highest BCUT2D eigenvalue weighted by Gasteiger charge is 1.96. The summed E-state index contributed by atoms with van der Waals surface area (Å²) in [4.78, 5) is 1.35. The maximum atomic E-state index is 3.71. The SMILES string of the molecule is C=CS/C(=C\C)Cc1ccccc1. The minimum absolute atomic E-state index is 1.01. The van der Waals surface area contributed by atoms with Gasteiger partial charge in [-0.1, -0.05) is 43.0 Å². The first-order valence-corrected chi connectivity index (χ1v) is 5.21. The first-order valence-electron chi connectivity index (χ1n) is 4.33. The fourth-order valence-electron chi connectivity index (χ4n) is 1.12. The summed E-state index contributed by atoms with van der Waals surface area (Å²) in [6.07, 6.45) is 3.15. The number of allylic oxidation sites excluding steroid dienone is 2. The first kappa shape index (κ1) is 10.1. The van der Waals surface area contributed by atoms with Gasteiger partial charge in [-0.3, -0.25) is 0 Å². The smallest absolute Gasteiger partial charge is 0.00344 e. The molecule has 0 aromatic heterocycles. The monoisotopic (exact) mass is 190 g/mol. The Morgan fingerprint density at radius 2 is 2.08 bits per heavy atom. The van der Waals surface area contributed by atoms with E-state index in [9.17, 15) is 0 Å². The molecule has 0 fully saturated rings. The van der Waals surface area contributed by atoms with Gasteiger partial charge in [-0.25, -0.2) is 0 Å². The summed E-state index contributed by atoms with van der Waals surface area (Å²) in [5.74, 6) is 0. The summed E-state index contributed by atoms with van der Waals surface area (Å²) < 4.78 is 0. The van der Waals surface area contributed by atoms with Crippen LogP contribution < -0.4 is 0 Å². The first-order chi connectivity index (χ1) is 6.36. The van der Waals surface area contributed by atoms with Crippen LogP contribution in [-0.4, -0.2) is 0 Å². The highest BCUT2D eigenvalue weighted by molar-refractivity contribution is 8.05. The molecule has 0 spiro atoms. The van der Waals surface area contributed by atoms with Crippen molar-refractivity contribution in [2.24, 2.45) is 0 Å². The highest BCUT2D eigenvalue weighted by Crippen LogP contribution is 2.20. The lowest BCUT2D eigenvalue weighted by molar-refractivity contribution is 1.24. The lowest BCUT2D eigenvalue weighted by Crippen LogP contribution is -1.84. The van der Waals surface area contributed by atoms with Gasteiger partial charge in [-0.15, -0.1) is 11.8 Å². The second kappa shape index (κ2) is 5.65. The van der Waals surface area contributed by atoms with Crippen molar-refractivity contribution in [1.82, 2.24) is 0 Å². The van der Waals surface area contributed by atoms with Crippen molar-refractivity contribution in [3.63, 3.8) is 0 Å². The van der Waals surface area contributed by atoms with Crippen LogP contribution in [0, 0.1) is 0 Å². The van der Waals surface area contributed by atoms with Crippen molar-refractivity contribution >= 4 is 11.8 Å². The van der Waals surface area contributed by atoms with Crippen LogP contribution in [0.5, 0.6) is 0 Å². The van der Waals surface area contributed by atoms with Crippen LogP contribution in [0.3, 0.4) is 0 Å². The summed E-state index contributed by atoms with van der Waals surface area (Å²) in [5, 5.41) is 1.87. The van der Waals surface area contributed by atoms with Crippen LogP contribution in [-0.2, 0) is 6.42 Å². The van der Waals surface area contributed by atoms with Gasteiger partial charge in [-0.2, -0.15) is 0 Å². The third-order valence-corrected chi connectivity index (χ3v) is 2.63. The molecule has 0 N–H and O–H groups in total. The van der Waals surface area contributed by atoms with E-state index in [4.69, 9.17) is 0 Å². The minimum Gasteiger partial charge on any atom is -0.103 e. The summed E-state index contributed by atoms with van der Waals surface area (Å²) >= 11 is 1.70. The van der Waals surface area contributed by atoms with Crippen molar-refractivity contribution < 1.29 is 0 Å². The quantitative estimate of drug-likeness (QED) is 0.691. The Balaban J connectivity index is 2.62. The van der Waals surface area contributed by atoms with E-state index in [2.05, 4.69) is 43.8 Å². The topological polar surface area (TPSA) is 0 Å². The number of hydrogen-bond donors (Lipinski definition) is 0. The van der Waals surface area contributed by atoms with Gasteiger partial charge in [0.25, 0.3) is 0 Å². The molecule has 0 saturated carbocycles. The van der Waals surface area contributed by atoms with Gasteiger partial charge >= 0.3 is 0 Å².